The molecule has 0 atom stereocenters. The van der Waals surface area contributed by atoms with Crippen LogP contribution in [0.3, 0.4) is 0 Å². The number of aromatic nitrogens is 4. The maximum absolute atomic E-state index is 4.42. The molecule has 3 aromatic rings. The number of nitrogens with one attached hydrogen (secondary N) is 3. The molecule has 6 heteroatoms. The summed E-state index contributed by atoms with van der Waals surface area (Å²) in [5.74, 6) is 1.49. The molecule has 3 rings (SSSR count). The molecule has 0 amide bonds. The average molecular weight is 268 g/mol. The first-order valence-corrected chi connectivity index (χ1v) is 6.44. The Morgan fingerprint density at radius 1 is 1.15 bits per heavy atom. The number of benzene rings is 1. The SMILES string of the molecule is CNc1ccc(CNc2nc(C)nc3nc[nH]c23)cc1. The Bertz CT molecular complexity index is 716. The number of aryl methyl sites for hydroxylation is 1. The highest BCUT2D eigenvalue weighted by atomic mass is 15.1. The molecule has 0 saturated heterocycles. The minimum atomic E-state index is 0.686. The Balaban J connectivity index is 1.80. The zero-order valence-corrected chi connectivity index (χ0v) is 11.4. The van der Waals surface area contributed by atoms with Crippen LogP contribution in [0.5, 0.6) is 0 Å². The molecule has 0 aliphatic carbocycles. The maximum atomic E-state index is 4.42. The summed E-state index contributed by atoms with van der Waals surface area (Å²) >= 11 is 0. The molecular formula is C14H16N6. The lowest BCUT2D eigenvalue weighted by molar-refractivity contribution is 1.04. The van der Waals surface area contributed by atoms with E-state index in [1.54, 1.807) is 6.33 Å². The normalized spacial score (nSPS) is 10.7. The third-order valence-corrected chi connectivity index (χ3v) is 3.10. The van der Waals surface area contributed by atoms with Crippen LogP contribution in [0.4, 0.5) is 11.5 Å². The molecule has 0 aliphatic rings. The van der Waals surface area contributed by atoms with Gasteiger partial charge < -0.3 is 15.6 Å². The maximum Gasteiger partial charge on any atom is 0.183 e. The Hall–Kier alpha value is -2.63. The van der Waals surface area contributed by atoms with Crippen molar-refractivity contribution in [3.05, 3.63) is 42.0 Å². The average Bonchev–Trinajstić information content (AvgIpc) is 2.93. The third-order valence-electron chi connectivity index (χ3n) is 3.10. The van der Waals surface area contributed by atoms with Gasteiger partial charge in [0.15, 0.2) is 11.5 Å². The molecule has 102 valence electrons. The van der Waals surface area contributed by atoms with Crippen LogP contribution in [0.25, 0.3) is 11.2 Å². The lowest BCUT2D eigenvalue weighted by atomic mass is 10.2. The Kier molecular flexibility index (Phi) is 3.20. The van der Waals surface area contributed by atoms with E-state index in [2.05, 4.69) is 42.7 Å². The number of rotatable bonds is 4. The van der Waals surface area contributed by atoms with Crippen molar-refractivity contribution >= 4 is 22.7 Å². The molecule has 2 heterocycles. The number of hydrogen-bond acceptors (Lipinski definition) is 5. The van der Waals surface area contributed by atoms with E-state index in [1.165, 1.54) is 5.56 Å². The standard InChI is InChI=1S/C14H16N6/c1-9-19-13(12-14(20-9)18-8-17-12)16-7-10-3-5-11(15-2)6-4-10/h3-6,8,15H,7H2,1-2H3,(H2,16,17,18,19,20). The molecule has 0 unspecified atom stereocenters. The molecular weight excluding hydrogens is 252 g/mol. The van der Waals surface area contributed by atoms with Gasteiger partial charge in [-0.1, -0.05) is 12.1 Å². The van der Waals surface area contributed by atoms with Crippen molar-refractivity contribution in [2.75, 3.05) is 17.7 Å². The van der Waals surface area contributed by atoms with Crippen LogP contribution in [0.15, 0.2) is 30.6 Å². The Morgan fingerprint density at radius 3 is 2.70 bits per heavy atom. The van der Waals surface area contributed by atoms with Gasteiger partial charge in [0.25, 0.3) is 0 Å². The number of imidazole rings is 1. The summed E-state index contributed by atoms with van der Waals surface area (Å²) in [6.45, 7) is 2.57. The van der Waals surface area contributed by atoms with E-state index in [0.717, 1.165) is 17.0 Å². The van der Waals surface area contributed by atoms with Gasteiger partial charge in [0.2, 0.25) is 0 Å². The van der Waals surface area contributed by atoms with E-state index in [9.17, 15) is 0 Å². The molecule has 0 bridgehead atoms. The van der Waals surface area contributed by atoms with Crippen LogP contribution in [0.1, 0.15) is 11.4 Å². The van der Waals surface area contributed by atoms with Crippen LogP contribution in [-0.4, -0.2) is 27.0 Å². The second-order valence-electron chi connectivity index (χ2n) is 4.52. The molecule has 0 radical (unpaired) electrons. The van der Waals surface area contributed by atoms with Crippen molar-refractivity contribution in [1.29, 1.82) is 0 Å². The third kappa shape index (κ3) is 2.40. The van der Waals surface area contributed by atoms with E-state index in [0.29, 0.717) is 18.0 Å². The van der Waals surface area contributed by atoms with E-state index in [1.807, 2.05) is 26.1 Å². The Morgan fingerprint density at radius 2 is 1.95 bits per heavy atom. The lowest BCUT2D eigenvalue weighted by Gasteiger charge is -2.08. The van der Waals surface area contributed by atoms with Crippen LogP contribution in [0.2, 0.25) is 0 Å². The largest absolute Gasteiger partial charge is 0.388 e. The molecule has 0 fully saturated rings. The summed E-state index contributed by atoms with van der Waals surface area (Å²) in [7, 11) is 1.91. The van der Waals surface area contributed by atoms with Gasteiger partial charge in [0.05, 0.1) is 6.33 Å². The number of fused-ring (bicyclic) bond motifs is 1. The number of anilines is 2. The number of H-pyrrole nitrogens is 1. The molecule has 0 saturated carbocycles. The van der Waals surface area contributed by atoms with E-state index < -0.39 is 0 Å². The highest BCUT2D eigenvalue weighted by Crippen LogP contribution is 2.17. The fourth-order valence-electron chi connectivity index (χ4n) is 2.05. The number of nitrogens with zero attached hydrogens (tertiary/aromatic N) is 3. The van der Waals surface area contributed by atoms with Gasteiger partial charge >= 0.3 is 0 Å². The molecule has 6 nitrogen and oxygen atoms in total. The first kappa shape index (κ1) is 12.4. The van der Waals surface area contributed by atoms with Gasteiger partial charge in [0, 0.05) is 19.3 Å². The van der Waals surface area contributed by atoms with Crippen molar-refractivity contribution in [3.8, 4) is 0 Å². The van der Waals surface area contributed by atoms with Crippen LogP contribution in [0, 0.1) is 6.92 Å². The van der Waals surface area contributed by atoms with Crippen molar-refractivity contribution in [1.82, 2.24) is 19.9 Å². The molecule has 0 aliphatic heterocycles. The Labute approximate surface area is 116 Å². The zero-order chi connectivity index (χ0) is 13.9. The van der Waals surface area contributed by atoms with Crippen LogP contribution < -0.4 is 10.6 Å². The lowest BCUT2D eigenvalue weighted by Crippen LogP contribution is -2.04. The van der Waals surface area contributed by atoms with Crippen molar-refractivity contribution in [2.45, 2.75) is 13.5 Å². The predicted octanol–water partition coefficient (Wildman–Crippen LogP) is 2.32. The van der Waals surface area contributed by atoms with Crippen LogP contribution >= 0.6 is 0 Å². The minimum absolute atomic E-state index is 0.686. The van der Waals surface area contributed by atoms with Gasteiger partial charge in [-0.2, -0.15) is 0 Å². The van der Waals surface area contributed by atoms with E-state index >= 15 is 0 Å². The summed E-state index contributed by atoms with van der Waals surface area (Å²) in [5, 5.41) is 6.43. The highest BCUT2D eigenvalue weighted by molar-refractivity contribution is 5.82. The topological polar surface area (TPSA) is 78.5 Å². The quantitative estimate of drug-likeness (QED) is 0.676. The number of aromatic amines is 1. The van der Waals surface area contributed by atoms with Gasteiger partial charge in [-0.15, -0.1) is 0 Å². The molecule has 1 aromatic carbocycles. The van der Waals surface area contributed by atoms with E-state index in [4.69, 9.17) is 0 Å². The fourth-order valence-corrected chi connectivity index (χ4v) is 2.05. The summed E-state index contributed by atoms with van der Waals surface area (Å²) in [4.78, 5) is 15.9. The highest BCUT2D eigenvalue weighted by Gasteiger charge is 2.07. The minimum Gasteiger partial charge on any atom is -0.388 e. The predicted molar refractivity (Wildman–Crippen MR) is 79.7 cm³/mol. The monoisotopic (exact) mass is 268 g/mol. The summed E-state index contributed by atoms with van der Waals surface area (Å²) < 4.78 is 0. The first-order valence-electron chi connectivity index (χ1n) is 6.44. The van der Waals surface area contributed by atoms with Crippen molar-refractivity contribution in [3.63, 3.8) is 0 Å². The molecule has 2 aromatic heterocycles. The zero-order valence-electron chi connectivity index (χ0n) is 11.4. The molecule has 3 N–H and O–H groups in total. The van der Waals surface area contributed by atoms with Crippen molar-refractivity contribution < 1.29 is 0 Å². The van der Waals surface area contributed by atoms with Crippen LogP contribution in [-0.2, 0) is 6.54 Å². The second kappa shape index (κ2) is 5.16. The van der Waals surface area contributed by atoms with Gasteiger partial charge in [-0.3, -0.25) is 0 Å². The second-order valence-corrected chi connectivity index (χ2v) is 4.52. The smallest absolute Gasteiger partial charge is 0.183 e. The van der Waals surface area contributed by atoms with Gasteiger partial charge in [-0.25, -0.2) is 15.0 Å². The summed E-state index contributed by atoms with van der Waals surface area (Å²) in [6, 6.07) is 8.26. The van der Waals surface area contributed by atoms with Gasteiger partial charge in [-0.05, 0) is 24.6 Å². The van der Waals surface area contributed by atoms with Crippen molar-refractivity contribution in [2.24, 2.45) is 0 Å². The fraction of sp³-hybridized carbons (Fsp3) is 0.214. The van der Waals surface area contributed by atoms with Gasteiger partial charge in [0.1, 0.15) is 11.3 Å². The molecule has 0 spiro atoms. The van der Waals surface area contributed by atoms with E-state index in [-0.39, 0.29) is 0 Å². The first-order chi connectivity index (χ1) is 9.76. The number of hydrogen-bond donors (Lipinski definition) is 3. The summed E-state index contributed by atoms with van der Waals surface area (Å²) in [5.41, 5.74) is 3.81. The summed E-state index contributed by atoms with van der Waals surface area (Å²) in [6.07, 6.45) is 1.63. The molecule has 20 heavy (non-hydrogen) atoms.